The number of nitrogens with zero attached hydrogens (tertiary/aromatic N) is 1. The Morgan fingerprint density at radius 3 is 2.52 bits per heavy atom. The number of fused-ring (bicyclic) bond motifs is 1. The molecule has 0 aliphatic carbocycles. The molecule has 0 fully saturated rings. The van der Waals surface area contributed by atoms with Crippen LogP contribution in [0.5, 0.6) is 23.0 Å². The summed E-state index contributed by atoms with van der Waals surface area (Å²) in [5.74, 6) is -0.657. The number of nitrogens with two attached hydrogens (primary N) is 1. The average molecular weight is 446 g/mol. The number of carbonyl (C=O) groups is 1. The fourth-order valence-electron chi connectivity index (χ4n) is 3.66. The Labute approximate surface area is 189 Å². The van der Waals surface area contributed by atoms with Crippen LogP contribution in [0.2, 0.25) is 0 Å². The van der Waals surface area contributed by atoms with Crippen LogP contribution in [0, 0.1) is 17.1 Å². The molecule has 1 aliphatic heterocycles. The van der Waals surface area contributed by atoms with Gasteiger partial charge in [-0.2, -0.15) is 5.26 Å². The van der Waals surface area contributed by atoms with Crippen LogP contribution in [0.4, 0.5) is 4.39 Å². The summed E-state index contributed by atoms with van der Waals surface area (Å²) in [7, 11) is 3.05. The quantitative estimate of drug-likeness (QED) is 0.461. The van der Waals surface area contributed by atoms with E-state index in [2.05, 4.69) is 6.07 Å². The molecule has 3 aromatic rings. The van der Waals surface area contributed by atoms with E-state index in [9.17, 15) is 14.4 Å². The molecule has 1 heterocycles. The fraction of sp³-hybridized carbons (Fsp3) is 0.120. The molecular weight excluding hydrogens is 427 g/mol. The van der Waals surface area contributed by atoms with Crippen LogP contribution >= 0.6 is 0 Å². The lowest BCUT2D eigenvalue weighted by atomic mass is 9.83. The van der Waals surface area contributed by atoms with E-state index in [1.807, 2.05) is 0 Å². The van der Waals surface area contributed by atoms with Crippen LogP contribution in [0.25, 0.3) is 0 Å². The van der Waals surface area contributed by atoms with Crippen molar-refractivity contribution >= 4 is 5.97 Å². The Bertz CT molecular complexity index is 1310. The SMILES string of the molecule is COc1ccc(C2C(C#N)=C(N)Oc3cc(OC(=O)c4ccccc4F)ccc32)cc1OC. The molecule has 0 amide bonds. The molecular formula is C25H19FN2O5. The molecule has 0 aromatic heterocycles. The Morgan fingerprint density at radius 2 is 1.82 bits per heavy atom. The van der Waals surface area contributed by atoms with E-state index >= 15 is 0 Å². The number of benzene rings is 3. The number of esters is 1. The number of nitriles is 1. The molecule has 3 aromatic carbocycles. The maximum Gasteiger partial charge on any atom is 0.346 e. The first-order valence-corrected chi connectivity index (χ1v) is 9.87. The van der Waals surface area contributed by atoms with Gasteiger partial charge in [0.25, 0.3) is 0 Å². The van der Waals surface area contributed by atoms with Gasteiger partial charge in [-0.15, -0.1) is 0 Å². The van der Waals surface area contributed by atoms with Crippen LogP contribution in [-0.4, -0.2) is 20.2 Å². The number of methoxy groups -OCH3 is 2. The monoisotopic (exact) mass is 446 g/mol. The van der Waals surface area contributed by atoms with Crippen LogP contribution in [0.1, 0.15) is 27.4 Å². The first-order valence-electron chi connectivity index (χ1n) is 9.87. The maximum atomic E-state index is 13.9. The smallest absolute Gasteiger partial charge is 0.346 e. The molecule has 0 saturated carbocycles. The average Bonchev–Trinajstić information content (AvgIpc) is 2.82. The van der Waals surface area contributed by atoms with Crippen molar-refractivity contribution in [1.82, 2.24) is 0 Å². The number of rotatable bonds is 5. The summed E-state index contributed by atoms with van der Waals surface area (Å²) in [6.07, 6.45) is 0. The molecule has 0 radical (unpaired) electrons. The number of halogens is 1. The minimum atomic E-state index is -0.846. The number of ether oxygens (including phenoxy) is 4. The largest absolute Gasteiger partial charge is 0.493 e. The van der Waals surface area contributed by atoms with E-state index in [4.69, 9.17) is 24.7 Å². The molecule has 0 spiro atoms. The molecule has 166 valence electrons. The molecule has 33 heavy (non-hydrogen) atoms. The minimum absolute atomic E-state index is 0.0673. The van der Waals surface area contributed by atoms with Gasteiger partial charge in [0.1, 0.15) is 29.0 Å². The topological polar surface area (TPSA) is 104 Å². The molecule has 1 aliphatic rings. The lowest BCUT2D eigenvalue weighted by molar-refractivity contribution is 0.0729. The van der Waals surface area contributed by atoms with Gasteiger partial charge < -0.3 is 24.7 Å². The van der Waals surface area contributed by atoms with Crippen molar-refractivity contribution < 1.29 is 28.1 Å². The van der Waals surface area contributed by atoms with Crippen molar-refractivity contribution in [2.24, 2.45) is 5.73 Å². The van der Waals surface area contributed by atoms with Gasteiger partial charge in [-0.05, 0) is 35.9 Å². The van der Waals surface area contributed by atoms with Gasteiger partial charge in [-0.3, -0.25) is 0 Å². The van der Waals surface area contributed by atoms with Crippen molar-refractivity contribution in [2.45, 2.75) is 5.92 Å². The highest BCUT2D eigenvalue weighted by Gasteiger charge is 2.32. The van der Waals surface area contributed by atoms with Crippen molar-refractivity contribution in [3.05, 3.63) is 94.6 Å². The van der Waals surface area contributed by atoms with Crippen molar-refractivity contribution in [2.75, 3.05) is 14.2 Å². The summed E-state index contributed by atoms with van der Waals surface area (Å²) in [5, 5.41) is 9.74. The second-order valence-corrected chi connectivity index (χ2v) is 7.11. The zero-order valence-corrected chi connectivity index (χ0v) is 17.8. The molecule has 1 unspecified atom stereocenters. The standard InChI is InChI=1S/C25H19FN2O5/c1-30-20-10-7-14(11-22(20)31-2)23-17-9-8-15(12-21(17)33-24(28)18(23)13-27)32-25(29)16-5-3-4-6-19(16)26/h3-12,23H,28H2,1-2H3. The van der Waals surface area contributed by atoms with Gasteiger partial charge in [-0.1, -0.05) is 24.3 Å². The van der Waals surface area contributed by atoms with Crippen molar-refractivity contribution in [3.8, 4) is 29.1 Å². The predicted molar refractivity (Wildman–Crippen MR) is 117 cm³/mol. The zero-order chi connectivity index (χ0) is 23.5. The Balaban J connectivity index is 1.73. The van der Waals surface area contributed by atoms with Gasteiger partial charge in [0.2, 0.25) is 5.88 Å². The van der Waals surface area contributed by atoms with E-state index in [-0.39, 0.29) is 22.8 Å². The lowest BCUT2D eigenvalue weighted by Gasteiger charge is -2.27. The van der Waals surface area contributed by atoms with Crippen molar-refractivity contribution in [1.29, 1.82) is 5.26 Å². The molecule has 4 rings (SSSR count). The molecule has 7 nitrogen and oxygen atoms in total. The molecule has 1 atom stereocenters. The predicted octanol–water partition coefficient (Wildman–Crippen LogP) is 4.28. The van der Waals surface area contributed by atoms with Gasteiger partial charge >= 0.3 is 5.97 Å². The summed E-state index contributed by atoms with van der Waals surface area (Å²) in [4.78, 5) is 12.4. The van der Waals surface area contributed by atoms with Crippen LogP contribution < -0.4 is 24.7 Å². The van der Waals surface area contributed by atoms with E-state index < -0.39 is 17.7 Å². The third-order valence-electron chi connectivity index (χ3n) is 5.24. The third kappa shape index (κ3) is 4.04. The highest BCUT2D eigenvalue weighted by molar-refractivity contribution is 5.91. The third-order valence-corrected chi connectivity index (χ3v) is 5.24. The first kappa shape index (κ1) is 21.7. The van der Waals surface area contributed by atoms with Crippen LogP contribution in [-0.2, 0) is 0 Å². The Morgan fingerprint density at radius 1 is 1.06 bits per heavy atom. The molecule has 8 heteroatoms. The van der Waals surface area contributed by atoms with Crippen LogP contribution in [0.15, 0.2) is 72.1 Å². The summed E-state index contributed by atoms with van der Waals surface area (Å²) in [5.41, 5.74) is 7.45. The summed E-state index contributed by atoms with van der Waals surface area (Å²) in [6.45, 7) is 0. The van der Waals surface area contributed by atoms with Gasteiger partial charge in [0.15, 0.2) is 11.5 Å². The van der Waals surface area contributed by atoms with Crippen molar-refractivity contribution in [3.63, 3.8) is 0 Å². The number of hydrogen-bond acceptors (Lipinski definition) is 7. The summed E-state index contributed by atoms with van der Waals surface area (Å²) >= 11 is 0. The minimum Gasteiger partial charge on any atom is -0.493 e. The lowest BCUT2D eigenvalue weighted by Crippen LogP contribution is -2.21. The highest BCUT2D eigenvalue weighted by atomic mass is 19.1. The second-order valence-electron chi connectivity index (χ2n) is 7.11. The maximum absolute atomic E-state index is 13.9. The normalized spacial score (nSPS) is 14.5. The number of allylic oxidation sites excluding steroid dienone is 1. The van der Waals surface area contributed by atoms with Crippen LogP contribution in [0.3, 0.4) is 0 Å². The molecule has 0 saturated heterocycles. The molecule has 2 N–H and O–H groups in total. The van der Waals surface area contributed by atoms with Gasteiger partial charge in [-0.25, -0.2) is 9.18 Å². The van der Waals surface area contributed by atoms with Gasteiger partial charge in [0.05, 0.1) is 25.7 Å². The first-order chi connectivity index (χ1) is 16.0. The van der Waals surface area contributed by atoms with Gasteiger partial charge in [0, 0.05) is 11.6 Å². The highest BCUT2D eigenvalue weighted by Crippen LogP contribution is 2.45. The summed E-state index contributed by atoms with van der Waals surface area (Å²) in [6, 6.07) is 17.6. The van der Waals surface area contributed by atoms with E-state index in [0.29, 0.717) is 22.8 Å². The summed E-state index contributed by atoms with van der Waals surface area (Å²) < 4.78 is 35.6. The Hall–Kier alpha value is -4.51. The number of hydrogen-bond donors (Lipinski definition) is 1. The van der Waals surface area contributed by atoms with E-state index in [1.54, 1.807) is 30.3 Å². The van der Waals surface area contributed by atoms with E-state index in [1.165, 1.54) is 44.6 Å². The second kappa shape index (κ2) is 8.93. The molecule has 0 bridgehead atoms. The number of carbonyl (C=O) groups excluding carboxylic acids is 1. The van der Waals surface area contributed by atoms with E-state index in [0.717, 1.165) is 5.56 Å². The fourth-order valence-corrected chi connectivity index (χ4v) is 3.66. The zero-order valence-electron chi connectivity index (χ0n) is 17.8. The Kier molecular flexibility index (Phi) is 5.87.